The molecular weight excluding hydrogens is 366 g/mol. The number of nitrogens with zero attached hydrogens (tertiary/aromatic N) is 1. The van der Waals surface area contributed by atoms with E-state index in [1.54, 1.807) is 48.5 Å². The van der Waals surface area contributed by atoms with Crippen molar-refractivity contribution in [1.29, 1.82) is 5.26 Å². The first kappa shape index (κ1) is 20.0. The molecule has 0 aliphatic heterocycles. The largest absolute Gasteiger partial charge is 0.452 e. The maximum atomic E-state index is 12.2. The van der Waals surface area contributed by atoms with Crippen molar-refractivity contribution in [1.82, 2.24) is 0 Å². The number of primary amides is 1. The average molecular weight is 383 g/mol. The Kier molecular flexibility index (Phi) is 7.40. The first-order chi connectivity index (χ1) is 13.0. The van der Waals surface area contributed by atoms with Crippen LogP contribution in [-0.2, 0) is 20.7 Å². The summed E-state index contributed by atoms with van der Waals surface area (Å²) in [5.41, 5.74) is 6.76. The maximum Gasteiger partial charge on any atom is 0.339 e. The molecule has 0 unspecified atom stereocenters. The predicted octanol–water partition coefficient (Wildman–Crippen LogP) is 2.13. The van der Waals surface area contributed by atoms with E-state index in [2.05, 4.69) is 5.32 Å². The Morgan fingerprint density at radius 1 is 1.11 bits per heavy atom. The fourth-order valence-corrected chi connectivity index (χ4v) is 2.89. The molecule has 0 aliphatic rings. The number of hydrogen-bond donors (Lipinski definition) is 2. The second kappa shape index (κ2) is 9.99. The van der Waals surface area contributed by atoms with Gasteiger partial charge in [-0.15, -0.1) is 11.8 Å². The van der Waals surface area contributed by atoms with Crippen molar-refractivity contribution in [2.45, 2.75) is 11.3 Å². The number of rotatable bonds is 8. The molecule has 2 rings (SSSR count). The molecule has 0 heterocycles. The fraction of sp³-hybridized carbons (Fsp3) is 0.158. The summed E-state index contributed by atoms with van der Waals surface area (Å²) in [6.07, 6.45) is 0.291. The van der Waals surface area contributed by atoms with Crippen molar-refractivity contribution in [2.75, 3.05) is 17.7 Å². The number of benzene rings is 2. The van der Waals surface area contributed by atoms with Crippen LogP contribution in [-0.4, -0.2) is 30.1 Å². The molecule has 2 aromatic rings. The van der Waals surface area contributed by atoms with Gasteiger partial charge in [0.1, 0.15) is 0 Å². The summed E-state index contributed by atoms with van der Waals surface area (Å²) in [6.45, 7) is -0.451. The number of amides is 2. The highest BCUT2D eigenvalue weighted by molar-refractivity contribution is 8.00. The monoisotopic (exact) mass is 383 g/mol. The van der Waals surface area contributed by atoms with Gasteiger partial charge in [0, 0.05) is 10.6 Å². The molecule has 138 valence electrons. The third kappa shape index (κ3) is 6.49. The molecule has 0 saturated heterocycles. The van der Waals surface area contributed by atoms with Crippen LogP contribution in [0, 0.1) is 11.3 Å². The molecule has 0 saturated carbocycles. The molecule has 27 heavy (non-hydrogen) atoms. The van der Waals surface area contributed by atoms with E-state index in [1.165, 1.54) is 0 Å². The molecular formula is C19H17N3O4S. The number of ether oxygens (including phenoxy) is 1. The van der Waals surface area contributed by atoms with Gasteiger partial charge in [-0.25, -0.2) is 4.79 Å². The summed E-state index contributed by atoms with van der Waals surface area (Å²) in [5, 5.41) is 11.2. The average Bonchev–Trinajstić information content (AvgIpc) is 2.66. The number of nitriles is 1. The summed E-state index contributed by atoms with van der Waals surface area (Å²) >= 11 is 1.13. The Morgan fingerprint density at radius 3 is 2.48 bits per heavy atom. The van der Waals surface area contributed by atoms with Crippen molar-refractivity contribution in [3.63, 3.8) is 0 Å². The van der Waals surface area contributed by atoms with Gasteiger partial charge < -0.3 is 15.8 Å². The van der Waals surface area contributed by atoms with Gasteiger partial charge >= 0.3 is 5.97 Å². The van der Waals surface area contributed by atoms with E-state index in [0.717, 1.165) is 17.3 Å². The van der Waals surface area contributed by atoms with Gasteiger partial charge in [0.15, 0.2) is 6.61 Å². The molecule has 0 radical (unpaired) electrons. The second-order valence-electron chi connectivity index (χ2n) is 5.41. The minimum atomic E-state index is -0.665. The highest BCUT2D eigenvalue weighted by Gasteiger charge is 2.15. The molecule has 0 bridgehead atoms. The van der Waals surface area contributed by atoms with Gasteiger partial charge in [0.25, 0.3) is 5.91 Å². The number of anilines is 1. The number of esters is 1. The predicted molar refractivity (Wildman–Crippen MR) is 101 cm³/mol. The van der Waals surface area contributed by atoms with Crippen LogP contribution in [0.15, 0.2) is 53.4 Å². The molecule has 0 aliphatic carbocycles. The topological polar surface area (TPSA) is 122 Å². The third-order valence-electron chi connectivity index (χ3n) is 3.33. The van der Waals surface area contributed by atoms with Crippen molar-refractivity contribution >= 4 is 35.2 Å². The van der Waals surface area contributed by atoms with Crippen LogP contribution in [0.4, 0.5) is 5.69 Å². The van der Waals surface area contributed by atoms with Crippen molar-refractivity contribution < 1.29 is 19.1 Å². The highest BCUT2D eigenvalue weighted by atomic mass is 32.2. The van der Waals surface area contributed by atoms with E-state index in [-0.39, 0.29) is 11.3 Å². The van der Waals surface area contributed by atoms with Gasteiger partial charge in [-0.05, 0) is 29.8 Å². The SMILES string of the molecule is N#CCc1ccc(NC(=O)COC(=O)c2ccccc2SCC(N)=O)cc1. The Bertz CT molecular complexity index is 875. The van der Waals surface area contributed by atoms with E-state index >= 15 is 0 Å². The quantitative estimate of drug-likeness (QED) is 0.532. The highest BCUT2D eigenvalue weighted by Crippen LogP contribution is 2.23. The molecule has 3 N–H and O–H groups in total. The van der Waals surface area contributed by atoms with Crippen LogP contribution in [0.1, 0.15) is 15.9 Å². The van der Waals surface area contributed by atoms with Crippen LogP contribution in [0.2, 0.25) is 0 Å². The van der Waals surface area contributed by atoms with Gasteiger partial charge in [-0.3, -0.25) is 9.59 Å². The van der Waals surface area contributed by atoms with E-state index in [4.69, 9.17) is 15.7 Å². The fourth-order valence-electron chi connectivity index (χ4n) is 2.11. The summed E-state index contributed by atoms with van der Waals surface area (Å²) in [6, 6.07) is 15.5. The lowest BCUT2D eigenvalue weighted by atomic mass is 10.1. The van der Waals surface area contributed by atoms with Gasteiger partial charge in [-0.1, -0.05) is 24.3 Å². The minimum Gasteiger partial charge on any atom is -0.452 e. The Balaban J connectivity index is 1.90. The van der Waals surface area contributed by atoms with Crippen molar-refractivity contribution in [3.8, 4) is 6.07 Å². The second-order valence-corrected chi connectivity index (χ2v) is 6.42. The molecule has 2 aromatic carbocycles. The number of carbonyl (C=O) groups excluding carboxylic acids is 3. The number of nitrogens with one attached hydrogen (secondary N) is 1. The summed E-state index contributed by atoms with van der Waals surface area (Å²) < 4.78 is 5.05. The first-order valence-electron chi connectivity index (χ1n) is 7.92. The minimum absolute atomic E-state index is 0.0343. The van der Waals surface area contributed by atoms with Crippen molar-refractivity contribution in [3.05, 3.63) is 59.7 Å². The molecule has 0 atom stereocenters. The molecule has 0 fully saturated rings. The van der Waals surface area contributed by atoms with E-state index in [1.807, 2.05) is 6.07 Å². The van der Waals surface area contributed by atoms with Gasteiger partial charge in [0.05, 0.1) is 23.8 Å². The number of thioether (sulfide) groups is 1. The Morgan fingerprint density at radius 2 is 1.81 bits per heavy atom. The molecule has 2 amide bonds. The number of hydrogen-bond acceptors (Lipinski definition) is 6. The smallest absolute Gasteiger partial charge is 0.339 e. The zero-order valence-electron chi connectivity index (χ0n) is 14.3. The first-order valence-corrected chi connectivity index (χ1v) is 8.91. The van der Waals surface area contributed by atoms with Crippen molar-refractivity contribution in [2.24, 2.45) is 5.73 Å². The van der Waals surface area contributed by atoms with Crippen LogP contribution in [0.5, 0.6) is 0 Å². The van der Waals surface area contributed by atoms with E-state index in [9.17, 15) is 14.4 Å². The third-order valence-corrected chi connectivity index (χ3v) is 4.43. The lowest BCUT2D eigenvalue weighted by Crippen LogP contribution is -2.21. The molecule has 0 spiro atoms. The maximum absolute atomic E-state index is 12.2. The van der Waals surface area contributed by atoms with E-state index < -0.39 is 24.4 Å². The van der Waals surface area contributed by atoms with Gasteiger partial charge in [-0.2, -0.15) is 5.26 Å². The number of carbonyl (C=O) groups is 3. The zero-order valence-corrected chi connectivity index (χ0v) is 15.1. The molecule has 8 heteroatoms. The Hall–Kier alpha value is -3.31. The van der Waals surface area contributed by atoms with E-state index in [0.29, 0.717) is 17.0 Å². The summed E-state index contributed by atoms with van der Waals surface area (Å²) in [4.78, 5) is 35.6. The molecule has 0 aromatic heterocycles. The van der Waals surface area contributed by atoms with Crippen LogP contribution in [0.25, 0.3) is 0 Å². The Labute approximate surface area is 160 Å². The lowest BCUT2D eigenvalue weighted by molar-refractivity contribution is -0.119. The standard InChI is InChI=1S/C19H17N3O4S/c20-10-9-13-5-7-14(8-6-13)22-18(24)11-26-19(25)15-3-1-2-4-16(15)27-12-17(21)23/h1-8H,9,11-12H2,(H2,21,23)(H,22,24). The summed E-state index contributed by atoms with van der Waals surface area (Å²) in [7, 11) is 0. The van der Waals surface area contributed by atoms with Gasteiger partial charge in [0.2, 0.25) is 5.91 Å². The normalized spacial score (nSPS) is 9.89. The number of nitrogens with two attached hydrogens (primary N) is 1. The lowest BCUT2D eigenvalue weighted by Gasteiger charge is -2.09. The zero-order chi connectivity index (χ0) is 19.6. The van der Waals surface area contributed by atoms with Crippen LogP contribution >= 0.6 is 11.8 Å². The summed E-state index contributed by atoms with van der Waals surface area (Å²) in [5.74, 6) is -1.61. The van der Waals surface area contributed by atoms with Crippen LogP contribution in [0.3, 0.4) is 0 Å². The molecule has 7 nitrogen and oxygen atoms in total. The van der Waals surface area contributed by atoms with Crippen LogP contribution < -0.4 is 11.1 Å².